The molecule has 1 aromatic heterocycles. The molecule has 1 fully saturated rings. The number of rotatable bonds is 3. The van der Waals surface area contributed by atoms with Crippen molar-refractivity contribution in [2.75, 3.05) is 18.0 Å². The number of hydrogen-bond acceptors (Lipinski definition) is 4. The summed E-state index contributed by atoms with van der Waals surface area (Å²) in [5, 5.41) is 4.44. The van der Waals surface area contributed by atoms with E-state index in [9.17, 15) is 4.79 Å². The molecule has 5 nitrogen and oxygen atoms in total. The van der Waals surface area contributed by atoms with Crippen LogP contribution in [0.1, 0.15) is 26.2 Å². The number of aryl methyl sites for hydroxylation is 1. The van der Waals surface area contributed by atoms with Crippen LogP contribution in [0.5, 0.6) is 0 Å². The van der Waals surface area contributed by atoms with Crippen molar-refractivity contribution in [1.29, 1.82) is 0 Å². The number of aromatic nitrogens is 2. The molecule has 0 amide bonds. The molecule has 2 N–H and O–H groups in total. The second-order valence-electron chi connectivity index (χ2n) is 4.70. The van der Waals surface area contributed by atoms with Crippen molar-refractivity contribution in [3.05, 3.63) is 21.6 Å². The molecule has 0 spiro atoms. The first-order chi connectivity index (χ1) is 8.63. The smallest absolute Gasteiger partial charge is 0.287 e. The van der Waals surface area contributed by atoms with Crippen molar-refractivity contribution in [2.24, 2.45) is 5.73 Å². The van der Waals surface area contributed by atoms with Gasteiger partial charge >= 0.3 is 0 Å². The molecular formula is C12H19ClN4O. The van der Waals surface area contributed by atoms with Gasteiger partial charge in [0, 0.05) is 25.7 Å². The number of nitrogens with zero attached hydrogens (tertiary/aromatic N) is 3. The summed E-state index contributed by atoms with van der Waals surface area (Å²) in [6.45, 7) is 4.27. The van der Waals surface area contributed by atoms with Crippen LogP contribution in [-0.4, -0.2) is 28.9 Å². The Balaban J connectivity index is 2.24. The summed E-state index contributed by atoms with van der Waals surface area (Å²) in [5.74, 6) is 0. The molecule has 0 saturated carbocycles. The summed E-state index contributed by atoms with van der Waals surface area (Å²) in [5.41, 5.74) is 6.40. The molecule has 0 aromatic carbocycles. The summed E-state index contributed by atoms with van der Waals surface area (Å²) in [6, 6.07) is 0.258. The number of piperidine rings is 1. The van der Waals surface area contributed by atoms with Gasteiger partial charge in [0.05, 0.1) is 11.9 Å². The highest BCUT2D eigenvalue weighted by atomic mass is 35.5. The predicted octanol–water partition coefficient (Wildman–Crippen LogP) is 1.23. The zero-order chi connectivity index (χ0) is 13.1. The van der Waals surface area contributed by atoms with Crippen LogP contribution in [0.25, 0.3) is 0 Å². The van der Waals surface area contributed by atoms with E-state index < -0.39 is 0 Å². The minimum Gasteiger partial charge on any atom is -0.369 e. The summed E-state index contributed by atoms with van der Waals surface area (Å²) in [7, 11) is 0. The molecule has 0 radical (unpaired) electrons. The number of hydrogen-bond donors (Lipinski definition) is 1. The maximum Gasteiger partial charge on any atom is 0.287 e. The zero-order valence-electron chi connectivity index (χ0n) is 10.6. The Morgan fingerprint density at radius 3 is 2.78 bits per heavy atom. The summed E-state index contributed by atoms with van der Waals surface area (Å²) in [6.07, 6.45) is 4.40. The quantitative estimate of drug-likeness (QED) is 0.897. The predicted molar refractivity (Wildman–Crippen MR) is 73.2 cm³/mol. The molecule has 1 aromatic rings. The lowest BCUT2D eigenvalue weighted by Crippen LogP contribution is -2.40. The minimum atomic E-state index is -0.203. The lowest BCUT2D eigenvalue weighted by Gasteiger charge is -2.32. The van der Waals surface area contributed by atoms with Crippen LogP contribution in [0.15, 0.2) is 11.0 Å². The lowest BCUT2D eigenvalue weighted by molar-refractivity contribution is 0.498. The monoisotopic (exact) mass is 270 g/mol. The first-order valence-corrected chi connectivity index (χ1v) is 6.77. The van der Waals surface area contributed by atoms with Crippen LogP contribution in [0.3, 0.4) is 0 Å². The van der Waals surface area contributed by atoms with Crippen molar-refractivity contribution in [1.82, 2.24) is 9.78 Å². The lowest BCUT2D eigenvalue weighted by atomic mass is 10.1. The van der Waals surface area contributed by atoms with Crippen molar-refractivity contribution in [3.8, 4) is 0 Å². The van der Waals surface area contributed by atoms with Gasteiger partial charge in [-0.1, -0.05) is 18.5 Å². The van der Waals surface area contributed by atoms with Gasteiger partial charge in [0.25, 0.3) is 5.56 Å². The van der Waals surface area contributed by atoms with Gasteiger partial charge < -0.3 is 10.6 Å². The Hall–Kier alpha value is -1.07. The van der Waals surface area contributed by atoms with E-state index in [4.69, 9.17) is 17.3 Å². The van der Waals surface area contributed by atoms with Gasteiger partial charge in [-0.2, -0.15) is 5.10 Å². The highest BCUT2D eigenvalue weighted by Gasteiger charge is 2.20. The molecule has 1 aliphatic rings. The SMILES string of the molecule is CCCn1ncc(N2CCC(N)CC2)c(Cl)c1=O. The fourth-order valence-corrected chi connectivity index (χ4v) is 2.45. The first-order valence-electron chi connectivity index (χ1n) is 6.39. The molecule has 0 aliphatic carbocycles. The van der Waals surface area contributed by atoms with Gasteiger partial charge in [0.2, 0.25) is 0 Å². The Kier molecular flexibility index (Phi) is 4.24. The third-order valence-corrected chi connectivity index (χ3v) is 3.64. The second kappa shape index (κ2) is 5.71. The van der Waals surface area contributed by atoms with E-state index in [0.717, 1.165) is 38.0 Å². The molecule has 2 rings (SSSR count). The van der Waals surface area contributed by atoms with Crippen molar-refractivity contribution in [3.63, 3.8) is 0 Å². The maximum absolute atomic E-state index is 12.0. The topological polar surface area (TPSA) is 64.2 Å². The molecule has 1 aliphatic heterocycles. The van der Waals surface area contributed by atoms with Gasteiger partial charge in [-0.15, -0.1) is 0 Å². The minimum absolute atomic E-state index is 0.203. The van der Waals surface area contributed by atoms with Gasteiger partial charge in [0.15, 0.2) is 0 Å². The van der Waals surface area contributed by atoms with E-state index in [0.29, 0.717) is 6.54 Å². The van der Waals surface area contributed by atoms with Crippen LogP contribution in [0, 0.1) is 0 Å². The fourth-order valence-electron chi connectivity index (χ4n) is 2.19. The molecule has 0 unspecified atom stereocenters. The molecule has 6 heteroatoms. The van der Waals surface area contributed by atoms with Crippen LogP contribution in [-0.2, 0) is 6.54 Å². The van der Waals surface area contributed by atoms with Crippen LogP contribution >= 0.6 is 11.6 Å². The summed E-state index contributed by atoms with van der Waals surface area (Å²) >= 11 is 6.16. The summed E-state index contributed by atoms with van der Waals surface area (Å²) in [4.78, 5) is 14.1. The Bertz CT molecular complexity index is 466. The van der Waals surface area contributed by atoms with Gasteiger partial charge in [0.1, 0.15) is 5.02 Å². The molecule has 100 valence electrons. The van der Waals surface area contributed by atoms with E-state index in [1.807, 2.05) is 6.92 Å². The van der Waals surface area contributed by atoms with Gasteiger partial charge in [-0.25, -0.2) is 4.68 Å². The number of anilines is 1. The molecule has 0 atom stereocenters. The summed E-state index contributed by atoms with van der Waals surface area (Å²) < 4.78 is 1.42. The molecule has 0 bridgehead atoms. The Morgan fingerprint density at radius 1 is 1.50 bits per heavy atom. The largest absolute Gasteiger partial charge is 0.369 e. The van der Waals surface area contributed by atoms with Crippen LogP contribution in [0.2, 0.25) is 5.02 Å². The van der Waals surface area contributed by atoms with Gasteiger partial charge in [-0.05, 0) is 19.3 Å². The van der Waals surface area contributed by atoms with Crippen LogP contribution < -0.4 is 16.2 Å². The van der Waals surface area contributed by atoms with Crippen molar-refractivity contribution in [2.45, 2.75) is 38.8 Å². The van der Waals surface area contributed by atoms with E-state index in [1.54, 1.807) is 6.20 Å². The third kappa shape index (κ3) is 2.67. The molecule has 2 heterocycles. The van der Waals surface area contributed by atoms with E-state index in [2.05, 4.69) is 10.00 Å². The van der Waals surface area contributed by atoms with E-state index in [1.165, 1.54) is 4.68 Å². The maximum atomic E-state index is 12.0. The Morgan fingerprint density at radius 2 is 2.17 bits per heavy atom. The van der Waals surface area contributed by atoms with Crippen molar-refractivity contribution < 1.29 is 0 Å². The molecule has 1 saturated heterocycles. The fraction of sp³-hybridized carbons (Fsp3) is 0.667. The van der Waals surface area contributed by atoms with Crippen molar-refractivity contribution >= 4 is 17.3 Å². The first kappa shape index (κ1) is 13.4. The average Bonchev–Trinajstić information content (AvgIpc) is 2.37. The third-order valence-electron chi connectivity index (χ3n) is 3.28. The number of halogens is 1. The standard InChI is InChI=1S/C12H19ClN4O/c1-2-5-17-12(18)11(13)10(8-15-17)16-6-3-9(14)4-7-16/h8-9H,2-7,14H2,1H3. The normalized spacial score (nSPS) is 17.2. The number of nitrogens with two attached hydrogens (primary N) is 1. The molecular weight excluding hydrogens is 252 g/mol. The zero-order valence-corrected chi connectivity index (χ0v) is 11.4. The highest BCUT2D eigenvalue weighted by Crippen LogP contribution is 2.24. The molecule has 18 heavy (non-hydrogen) atoms. The van der Waals surface area contributed by atoms with Crippen LogP contribution in [0.4, 0.5) is 5.69 Å². The highest BCUT2D eigenvalue weighted by molar-refractivity contribution is 6.33. The van der Waals surface area contributed by atoms with E-state index >= 15 is 0 Å². The second-order valence-corrected chi connectivity index (χ2v) is 5.07. The van der Waals surface area contributed by atoms with Gasteiger partial charge in [-0.3, -0.25) is 4.79 Å². The average molecular weight is 271 g/mol. The Labute approximate surface area is 112 Å². The van der Waals surface area contributed by atoms with E-state index in [-0.39, 0.29) is 16.6 Å².